The summed E-state index contributed by atoms with van der Waals surface area (Å²) in [6.45, 7) is 11.7. The molecule has 3 nitrogen and oxygen atoms in total. The quantitative estimate of drug-likeness (QED) is 0.564. The van der Waals surface area contributed by atoms with Gasteiger partial charge in [0, 0.05) is 23.6 Å². The summed E-state index contributed by atoms with van der Waals surface area (Å²) < 4.78 is 7.79. The Morgan fingerprint density at radius 2 is 2.05 bits per heavy atom. The van der Waals surface area contributed by atoms with Gasteiger partial charge in [0.1, 0.15) is 0 Å². The molecule has 0 radical (unpaired) electrons. The number of rotatable bonds is 7. The second-order valence-electron chi connectivity index (χ2n) is 5.18. The van der Waals surface area contributed by atoms with Gasteiger partial charge in [-0.1, -0.05) is 13.8 Å². The lowest BCUT2D eigenvalue weighted by Gasteiger charge is -2.26. The van der Waals surface area contributed by atoms with Crippen molar-refractivity contribution in [3.8, 4) is 0 Å². The van der Waals surface area contributed by atoms with E-state index in [1.54, 1.807) is 0 Å². The molecule has 1 unspecified atom stereocenters. The van der Waals surface area contributed by atoms with Crippen molar-refractivity contribution in [2.75, 3.05) is 19.1 Å². The zero-order chi connectivity index (χ0) is 14.6. The van der Waals surface area contributed by atoms with Crippen molar-refractivity contribution in [1.82, 2.24) is 4.57 Å². The predicted octanol–water partition coefficient (Wildman–Crippen LogP) is 3.76. The summed E-state index contributed by atoms with van der Waals surface area (Å²) in [6, 6.07) is 2.18. The summed E-state index contributed by atoms with van der Waals surface area (Å²) in [7, 11) is 0. The van der Waals surface area contributed by atoms with Crippen LogP contribution in [0, 0.1) is 19.8 Å². The van der Waals surface area contributed by atoms with Crippen LogP contribution in [0.4, 0.5) is 0 Å². The lowest BCUT2D eigenvalue weighted by Crippen LogP contribution is -2.23. The number of halogens is 1. The number of ether oxygens (including phenoxy) is 1. The van der Waals surface area contributed by atoms with Gasteiger partial charge < -0.3 is 9.30 Å². The lowest BCUT2D eigenvalue weighted by molar-refractivity contribution is 0.0945. The average Bonchev–Trinajstić information content (AvgIpc) is 2.65. The summed E-state index contributed by atoms with van der Waals surface area (Å²) in [6.07, 6.45) is 0. The molecule has 0 aliphatic rings. The van der Waals surface area contributed by atoms with E-state index in [0.29, 0.717) is 19.1 Å². The monoisotopic (exact) mass is 285 g/mol. The van der Waals surface area contributed by atoms with Crippen LogP contribution in [0.1, 0.15) is 48.6 Å². The Morgan fingerprint density at radius 1 is 1.42 bits per heavy atom. The third-order valence-electron chi connectivity index (χ3n) is 3.50. The van der Waals surface area contributed by atoms with Crippen molar-refractivity contribution in [3.05, 3.63) is 23.0 Å². The third kappa shape index (κ3) is 3.61. The zero-order valence-electron chi connectivity index (χ0n) is 12.5. The Bertz CT molecular complexity index is 438. The Labute approximate surface area is 120 Å². The first-order chi connectivity index (χ1) is 8.93. The molecule has 0 N–H and O–H groups in total. The molecule has 0 fully saturated rings. The minimum atomic E-state index is -0.0140. The summed E-state index contributed by atoms with van der Waals surface area (Å²) in [4.78, 5) is 11.8. The molecule has 19 heavy (non-hydrogen) atoms. The fraction of sp³-hybridized carbons (Fsp3) is 0.667. The molecule has 1 heterocycles. The standard InChI is InChI=1S/C15H24ClNO2/c1-6-19-9-14(10(2)3)17-11(4)7-13(12(17)5)15(18)8-16/h7,10,14H,6,8-9H2,1-5H3. The SMILES string of the molecule is CCOCC(C(C)C)n1c(C)cc(C(=O)CCl)c1C. The van der Waals surface area contributed by atoms with Gasteiger partial charge in [-0.3, -0.25) is 4.79 Å². The van der Waals surface area contributed by atoms with E-state index in [4.69, 9.17) is 16.3 Å². The van der Waals surface area contributed by atoms with E-state index in [2.05, 4.69) is 18.4 Å². The average molecular weight is 286 g/mol. The molecule has 0 saturated carbocycles. The number of nitrogens with zero attached hydrogens (tertiary/aromatic N) is 1. The van der Waals surface area contributed by atoms with Crippen molar-refractivity contribution in [1.29, 1.82) is 0 Å². The van der Waals surface area contributed by atoms with E-state index in [-0.39, 0.29) is 17.7 Å². The molecule has 0 spiro atoms. The summed E-state index contributed by atoms with van der Waals surface area (Å²) in [5.74, 6) is 0.456. The van der Waals surface area contributed by atoms with Crippen molar-refractivity contribution in [2.45, 2.75) is 40.7 Å². The molecule has 0 saturated heterocycles. The van der Waals surface area contributed by atoms with Crippen LogP contribution in [0.2, 0.25) is 0 Å². The molecule has 1 aromatic heterocycles. The van der Waals surface area contributed by atoms with Crippen LogP contribution in [-0.2, 0) is 4.74 Å². The number of carbonyl (C=O) groups excluding carboxylic acids is 1. The molecule has 1 aromatic rings. The largest absolute Gasteiger partial charge is 0.380 e. The molecule has 4 heteroatoms. The number of ketones is 1. The molecule has 0 amide bonds. The number of aryl methyl sites for hydroxylation is 1. The first kappa shape index (κ1) is 16.3. The number of hydrogen-bond donors (Lipinski definition) is 0. The first-order valence-corrected chi connectivity index (χ1v) is 7.32. The molecule has 108 valence electrons. The van der Waals surface area contributed by atoms with Gasteiger partial charge in [0.05, 0.1) is 18.5 Å². The second kappa shape index (κ2) is 7.11. The van der Waals surface area contributed by atoms with Gasteiger partial charge in [-0.25, -0.2) is 0 Å². The smallest absolute Gasteiger partial charge is 0.179 e. The van der Waals surface area contributed by atoms with Crippen LogP contribution in [0.25, 0.3) is 0 Å². The van der Waals surface area contributed by atoms with Crippen LogP contribution in [-0.4, -0.2) is 29.4 Å². The van der Waals surface area contributed by atoms with E-state index in [9.17, 15) is 4.79 Å². The molecule has 1 rings (SSSR count). The van der Waals surface area contributed by atoms with Crippen LogP contribution >= 0.6 is 11.6 Å². The Kier molecular flexibility index (Phi) is 6.08. The van der Waals surface area contributed by atoms with Crippen LogP contribution in [0.15, 0.2) is 6.07 Å². The fourth-order valence-corrected chi connectivity index (χ4v) is 2.59. The van der Waals surface area contributed by atoms with Gasteiger partial charge in [-0.15, -0.1) is 11.6 Å². The summed E-state index contributed by atoms with van der Waals surface area (Å²) >= 11 is 5.66. The van der Waals surface area contributed by atoms with E-state index in [1.807, 2.05) is 26.8 Å². The molecule has 1 atom stereocenters. The number of hydrogen-bond acceptors (Lipinski definition) is 2. The molecule has 0 aliphatic carbocycles. The molecule has 0 aliphatic heterocycles. The van der Waals surface area contributed by atoms with Crippen molar-refractivity contribution < 1.29 is 9.53 Å². The number of carbonyl (C=O) groups is 1. The molecule has 0 bridgehead atoms. The Hall–Kier alpha value is -0.800. The number of Topliss-reactive ketones (excluding diaryl/α,β-unsaturated/α-hetero) is 1. The highest BCUT2D eigenvalue weighted by atomic mass is 35.5. The van der Waals surface area contributed by atoms with Crippen molar-refractivity contribution >= 4 is 17.4 Å². The van der Waals surface area contributed by atoms with E-state index >= 15 is 0 Å². The normalized spacial score (nSPS) is 13.0. The predicted molar refractivity (Wildman–Crippen MR) is 79.3 cm³/mol. The maximum Gasteiger partial charge on any atom is 0.179 e. The molecular formula is C15H24ClNO2. The van der Waals surface area contributed by atoms with Gasteiger partial charge in [0.15, 0.2) is 5.78 Å². The minimum Gasteiger partial charge on any atom is -0.380 e. The van der Waals surface area contributed by atoms with Gasteiger partial charge >= 0.3 is 0 Å². The van der Waals surface area contributed by atoms with E-state index in [1.165, 1.54) is 0 Å². The maximum absolute atomic E-state index is 11.8. The summed E-state index contributed by atoms with van der Waals surface area (Å²) in [5, 5.41) is 0. The van der Waals surface area contributed by atoms with Crippen LogP contribution < -0.4 is 0 Å². The topological polar surface area (TPSA) is 31.2 Å². The maximum atomic E-state index is 11.8. The molecule has 0 aromatic carbocycles. The molecular weight excluding hydrogens is 262 g/mol. The number of aromatic nitrogens is 1. The lowest BCUT2D eigenvalue weighted by atomic mass is 10.0. The Balaban J connectivity index is 3.16. The second-order valence-corrected chi connectivity index (χ2v) is 5.45. The van der Waals surface area contributed by atoms with Gasteiger partial charge in [-0.2, -0.15) is 0 Å². The first-order valence-electron chi connectivity index (χ1n) is 6.79. The summed E-state index contributed by atoms with van der Waals surface area (Å²) in [5.41, 5.74) is 2.81. The van der Waals surface area contributed by atoms with Crippen LogP contribution in [0.5, 0.6) is 0 Å². The highest BCUT2D eigenvalue weighted by molar-refractivity contribution is 6.30. The minimum absolute atomic E-state index is 0.0140. The van der Waals surface area contributed by atoms with Gasteiger partial charge in [-0.05, 0) is 32.8 Å². The third-order valence-corrected chi connectivity index (χ3v) is 3.74. The van der Waals surface area contributed by atoms with Gasteiger partial charge in [0.2, 0.25) is 0 Å². The van der Waals surface area contributed by atoms with Crippen molar-refractivity contribution in [3.63, 3.8) is 0 Å². The van der Waals surface area contributed by atoms with Crippen LogP contribution in [0.3, 0.4) is 0 Å². The Morgan fingerprint density at radius 3 is 2.53 bits per heavy atom. The fourth-order valence-electron chi connectivity index (χ4n) is 2.45. The van der Waals surface area contributed by atoms with Gasteiger partial charge in [0.25, 0.3) is 0 Å². The van der Waals surface area contributed by atoms with E-state index in [0.717, 1.165) is 17.0 Å². The zero-order valence-corrected chi connectivity index (χ0v) is 13.3. The highest BCUT2D eigenvalue weighted by Crippen LogP contribution is 2.26. The number of alkyl halides is 1. The van der Waals surface area contributed by atoms with Crippen molar-refractivity contribution in [2.24, 2.45) is 5.92 Å². The van der Waals surface area contributed by atoms with E-state index < -0.39 is 0 Å². The highest BCUT2D eigenvalue weighted by Gasteiger charge is 2.22.